The molecule has 0 spiro atoms. The summed E-state index contributed by atoms with van der Waals surface area (Å²) in [5, 5.41) is 2.63. The molecule has 1 aromatic carbocycles. The molecule has 1 heterocycles. The van der Waals surface area contributed by atoms with E-state index in [4.69, 9.17) is 5.73 Å². The van der Waals surface area contributed by atoms with Gasteiger partial charge in [-0.3, -0.25) is 4.79 Å². The van der Waals surface area contributed by atoms with Gasteiger partial charge in [0.15, 0.2) is 0 Å². The number of halogens is 1. The summed E-state index contributed by atoms with van der Waals surface area (Å²) in [5.74, 6) is -0.718. The van der Waals surface area contributed by atoms with Crippen molar-refractivity contribution in [2.75, 3.05) is 11.1 Å². The van der Waals surface area contributed by atoms with E-state index >= 15 is 0 Å². The van der Waals surface area contributed by atoms with Crippen LogP contribution in [0.1, 0.15) is 20.1 Å². The minimum Gasteiger partial charge on any atom is -0.399 e. The van der Waals surface area contributed by atoms with E-state index in [0.29, 0.717) is 10.6 Å². The summed E-state index contributed by atoms with van der Waals surface area (Å²) in [6.07, 6.45) is 0. The van der Waals surface area contributed by atoms with Crippen LogP contribution in [0.25, 0.3) is 0 Å². The lowest BCUT2D eigenvalue weighted by Crippen LogP contribution is -2.10. The summed E-state index contributed by atoms with van der Waals surface area (Å²) < 4.78 is 13.1. The van der Waals surface area contributed by atoms with Gasteiger partial charge in [-0.05, 0) is 43.7 Å². The molecular formula is C13H13FN2OS. The largest absolute Gasteiger partial charge is 0.399 e. The van der Waals surface area contributed by atoms with Gasteiger partial charge >= 0.3 is 0 Å². The fraction of sp³-hybridized carbons (Fsp3) is 0.154. The van der Waals surface area contributed by atoms with Gasteiger partial charge < -0.3 is 11.1 Å². The number of rotatable bonds is 2. The van der Waals surface area contributed by atoms with Crippen LogP contribution in [0.3, 0.4) is 0 Å². The van der Waals surface area contributed by atoms with Crippen LogP contribution in [-0.4, -0.2) is 5.91 Å². The SMILES string of the molecule is Cc1cc(C(=O)Nc2cc(N)cc(F)c2)sc1C. The molecule has 94 valence electrons. The van der Waals surface area contributed by atoms with Crippen molar-refractivity contribution in [3.63, 3.8) is 0 Å². The van der Waals surface area contributed by atoms with E-state index in [1.54, 1.807) is 0 Å². The number of nitrogens with two attached hydrogens (primary N) is 1. The number of hydrogen-bond acceptors (Lipinski definition) is 3. The van der Waals surface area contributed by atoms with E-state index in [1.165, 1.54) is 29.5 Å². The van der Waals surface area contributed by atoms with Crippen LogP contribution in [0.5, 0.6) is 0 Å². The van der Waals surface area contributed by atoms with Gasteiger partial charge in [-0.2, -0.15) is 0 Å². The average molecular weight is 264 g/mol. The maximum atomic E-state index is 13.1. The number of carbonyl (C=O) groups is 1. The predicted octanol–water partition coefficient (Wildman–Crippen LogP) is 3.34. The second-order valence-corrected chi connectivity index (χ2v) is 5.33. The summed E-state index contributed by atoms with van der Waals surface area (Å²) in [4.78, 5) is 13.6. The van der Waals surface area contributed by atoms with Crippen LogP contribution in [0, 0.1) is 19.7 Å². The Morgan fingerprint density at radius 1 is 1.28 bits per heavy atom. The Kier molecular flexibility index (Phi) is 3.34. The summed E-state index contributed by atoms with van der Waals surface area (Å²) in [7, 11) is 0. The smallest absolute Gasteiger partial charge is 0.265 e. The normalized spacial score (nSPS) is 10.4. The van der Waals surface area contributed by atoms with E-state index < -0.39 is 5.82 Å². The molecule has 2 rings (SSSR count). The highest BCUT2D eigenvalue weighted by Crippen LogP contribution is 2.22. The highest BCUT2D eigenvalue weighted by Gasteiger charge is 2.11. The number of nitrogen functional groups attached to an aromatic ring is 1. The van der Waals surface area contributed by atoms with Gasteiger partial charge in [-0.15, -0.1) is 11.3 Å². The first kappa shape index (κ1) is 12.6. The summed E-state index contributed by atoms with van der Waals surface area (Å²) >= 11 is 1.41. The molecule has 0 aliphatic carbocycles. The highest BCUT2D eigenvalue weighted by atomic mass is 32.1. The zero-order valence-corrected chi connectivity index (χ0v) is 10.9. The molecule has 3 N–H and O–H groups in total. The predicted molar refractivity (Wildman–Crippen MR) is 72.6 cm³/mol. The van der Waals surface area contributed by atoms with Crippen molar-refractivity contribution in [2.45, 2.75) is 13.8 Å². The number of thiophene rings is 1. The van der Waals surface area contributed by atoms with Crippen molar-refractivity contribution in [3.05, 3.63) is 45.4 Å². The topological polar surface area (TPSA) is 55.1 Å². The Labute approximate surface area is 108 Å². The van der Waals surface area contributed by atoms with Crippen molar-refractivity contribution >= 4 is 28.6 Å². The molecule has 2 aromatic rings. The van der Waals surface area contributed by atoms with E-state index in [2.05, 4.69) is 5.32 Å². The van der Waals surface area contributed by atoms with Gasteiger partial charge in [-0.1, -0.05) is 0 Å². The van der Waals surface area contributed by atoms with Gasteiger partial charge in [0.1, 0.15) is 5.82 Å². The fourth-order valence-corrected chi connectivity index (χ4v) is 2.49. The number of aryl methyl sites for hydroxylation is 2. The molecule has 0 bridgehead atoms. The zero-order valence-electron chi connectivity index (χ0n) is 10.1. The molecule has 0 atom stereocenters. The Morgan fingerprint density at radius 2 is 2.00 bits per heavy atom. The molecular weight excluding hydrogens is 251 g/mol. The van der Waals surface area contributed by atoms with Gasteiger partial charge in [0.2, 0.25) is 0 Å². The third-order valence-corrected chi connectivity index (χ3v) is 3.72. The molecule has 1 amide bonds. The number of nitrogens with one attached hydrogen (secondary N) is 1. The molecule has 5 heteroatoms. The average Bonchev–Trinajstić information content (AvgIpc) is 2.57. The van der Waals surface area contributed by atoms with Crippen LogP contribution < -0.4 is 11.1 Å². The maximum Gasteiger partial charge on any atom is 0.265 e. The second-order valence-electron chi connectivity index (χ2n) is 4.08. The Bertz CT molecular complexity index is 567. The minimum absolute atomic E-state index is 0.249. The molecule has 18 heavy (non-hydrogen) atoms. The zero-order chi connectivity index (χ0) is 13.3. The molecule has 1 aromatic heterocycles. The maximum absolute atomic E-state index is 13.1. The molecule has 0 saturated heterocycles. The van der Waals surface area contributed by atoms with Gasteiger partial charge in [0.25, 0.3) is 5.91 Å². The van der Waals surface area contributed by atoms with Crippen molar-refractivity contribution < 1.29 is 9.18 Å². The van der Waals surface area contributed by atoms with E-state index in [0.717, 1.165) is 10.4 Å². The lowest BCUT2D eigenvalue weighted by Gasteiger charge is -2.04. The van der Waals surface area contributed by atoms with Crippen molar-refractivity contribution in [1.29, 1.82) is 0 Å². The van der Waals surface area contributed by atoms with Gasteiger partial charge in [0.05, 0.1) is 4.88 Å². The number of amides is 1. The van der Waals surface area contributed by atoms with Gasteiger partial charge in [-0.25, -0.2) is 4.39 Å². The van der Waals surface area contributed by atoms with Crippen LogP contribution >= 0.6 is 11.3 Å². The highest BCUT2D eigenvalue weighted by molar-refractivity contribution is 7.14. The molecule has 0 unspecified atom stereocenters. The Balaban J connectivity index is 2.21. The first-order chi connectivity index (χ1) is 8.45. The number of anilines is 2. The Hall–Kier alpha value is -1.88. The number of benzene rings is 1. The lowest BCUT2D eigenvalue weighted by molar-refractivity contribution is 0.103. The molecule has 0 radical (unpaired) electrons. The quantitative estimate of drug-likeness (QED) is 0.817. The standard InChI is InChI=1S/C13H13FN2OS/c1-7-3-12(18-8(7)2)13(17)16-11-5-9(14)4-10(15)6-11/h3-6H,15H2,1-2H3,(H,16,17). The van der Waals surface area contributed by atoms with E-state index in [1.807, 2.05) is 19.9 Å². The summed E-state index contributed by atoms with van der Waals surface area (Å²) in [6, 6.07) is 5.78. The molecule has 0 aliphatic rings. The van der Waals surface area contributed by atoms with Crippen LogP contribution in [0.2, 0.25) is 0 Å². The fourth-order valence-electron chi connectivity index (χ4n) is 1.56. The molecule has 0 saturated carbocycles. The molecule has 0 aliphatic heterocycles. The number of carbonyl (C=O) groups excluding carboxylic acids is 1. The van der Waals surface area contributed by atoms with Gasteiger partial charge in [0, 0.05) is 16.3 Å². The third kappa shape index (κ3) is 2.68. The van der Waals surface area contributed by atoms with Crippen molar-refractivity contribution in [3.8, 4) is 0 Å². The monoisotopic (exact) mass is 264 g/mol. The van der Waals surface area contributed by atoms with Crippen LogP contribution in [0.4, 0.5) is 15.8 Å². The minimum atomic E-state index is -0.469. The Morgan fingerprint density at radius 3 is 2.56 bits per heavy atom. The first-order valence-corrected chi connectivity index (χ1v) is 6.22. The van der Waals surface area contributed by atoms with E-state index in [9.17, 15) is 9.18 Å². The van der Waals surface area contributed by atoms with E-state index in [-0.39, 0.29) is 11.6 Å². The molecule has 3 nitrogen and oxygen atoms in total. The van der Waals surface area contributed by atoms with Crippen LogP contribution in [-0.2, 0) is 0 Å². The number of hydrogen-bond donors (Lipinski definition) is 2. The van der Waals surface area contributed by atoms with Crippen molar-refractivity contribution in [2.24, 2.45) is 0 Å². The first-order valence-electron chi connectivity index (χ1n) is 5.40. The summed E-state index contributed by atoms with van der Waals surface area (Å²) in [6.45, 7) is 3.90. The third-order valence-electron chi connectivity index (χ3n) is 2.57. The van der Waals surface area contributed by atoms with Crippen molar-refractivity contribution in [1.82, 2.24) is 0 Å². The second kappa shape index (κ2) is 4.78. The summed E-state index contributed by atoms with van der Waals surface area (Å²) in [5.41, 5.74) is 7.23. The molecule has 0 fully saturated rings. The van der Waals surface area contributed by atoms with Crippen LogP contribution in [0.15, 0.2) is 24.3 Å². The lowest BCUT2D eigenvalue weighted by atomic mass is 10.2.